The van der Waals surface area contributed by atoms with Crippen LogP contribution in [0.4, 0.5) is 36.3 Å². The number of carbonyl (C=O) groups is 1. The Morgan fingerprint density at radius 3 is 1.84 bits per heavy atom. The molecule has 2 aliphatic heterocycles. The number of nitrogens with one attached hydrogen (secondary N) is 3. The van der Waals surface area contributed by atoms with Crippen molar-refractivity contribution < 1.29 is 18.3 Å². The number of amides is 1. The van der Waals surface area contributed by atoms with Gasteiger partial charge >= 0.3 is 6.09 Å². The molecule has 2 aliphatic rings. The summed E-state index contributed by atoms with van der Waals surface area (Å²) in [5.41, 5.74) is 6.12. The molecule has 10 rings (SSSR count). The number of carbonyl (C=O) groups excluding carboxylic acids is 1. The van der Waals surface area contributed by atoms with Crippen LogP contribution in [0.15, 0.2) is 71.9 Å². The molecular formula is C45H46F2N8O2S4. The van der Waals surface area contributed by atoms with Crippen molar-refractivity contribution in [1.82, 2.24) is 30.2 Å². The maximum absolute atomic E-state index is 15.0. The Bertz CT molecular complexity index is 2870. The van der Waals surface area contributed by atoms with Crippen LogP contribution in [0.2, 0.25) is 0 Å². The molecule has 0 spiro atoms. The minimum atomic E-state index is -0.525. The van der Waals surface area contributed by atoms with Crippen LogP contribution >= 0.6 is 45.3 Å². The van der Waals surface area contributed by atoms with Crippen molar-refractivity contribution >= 4 is 115 Å². The van der Waals surface area contributed by atoms with Crippen molar-refractivity contribution in [3.05, 3.63) is 93.3 Å². The van der Waals surface area contributed by atoms with E-state index in [2.05, 4.69) is 61.9 Å². The number of rotatable bonds is 6. The molecule has 10 nitrogen and oxygen atoms in total. The normalized spacial score (nSPS) is 19.6. The van der Waals surface area contributed by atoms with Crippen LogP contribution in [0.5, 0.6) is 0 Å². The Morgan fingerprint density at radius 1 is 0.754 bits per heavy atom. The monoisotopic (exact) mass is 896 g/mol. The molecule has 2 fully saturated rings. The molecule has 2 aromatic carbocycles. The highest BCUT2D eigenvalue weighted by atomic mass is 32.1. The minimum absolute atomic E-state index is 0.0117. The Balaban J connectivity index is 0.000000160. The molecule has 0 radical (unpaired) electrons. The van der Waals surface area contributed by atoms with E-state index in [0.29, 0.717) is 40.9 Å². The van der Waals surface area contributed by atoms with Gasteiger partial charge in [-0.1, -0.05) is 0 Å². The molecule has 6 aromatic heterocycles. The van der Waals surface area contributed by atoms with E-state index in [1.54, 1.807) is 58.2 Å². The number of nitrogens with zero attached hydrogens (tertiary/aromatic N) is 5. The van der Waals surface area contributed by atoms with Crippen LogP contribution in [0.3, 0.4) is 0 Å². The lowest BCUT2D eigenvalue weighted by atomic mass is 9.89. The molecule has 0 saturated carbocycles. The predicted octanol–water partition coefficient (Wildman–Crippen LogP) is 12.9. The fourth-order valence-electron chi connectivity index (χ4n) is 8.31. The number of aromatic nitrogens is 4. The van der Waals surface area contributed by atoms with E-state index in [9.17, 15) is 13.6 Å². The first-order chi connectivity index (χ1) is 29.4. The SMILES string of the molecule is C[C@@H]1C(c2cc3c(Nc4ccc5scnc5c4F)ccnc3s2)CCCN1C(=O)OC(C)(C)C.C[C@H]1NCCCC1c1cc2c(Nc3ccc4scnc4c3F)ccnc2s1. The summed E-state index contributed by atoms with van der Waals surface area (Å²) >= 11 is 6.24. The number of piperidine rings is 2. The number of thiophene rings is 2. The van der Waals surface area contributed by atoms with Crippen LogP contribution in [0.25, 0.3) is 40.9 Å². The molecule has 0 aliphatic carbocycles. The van der Waals surface area contributed by atoms with Crippen molar-refractivity contribution in [3.63, 3.8) is 0 Å². The number of fused-ring (bicyclic) bond motifs is 4. The molecular weight excluding hydrogens is 851 g/mol. The van der Waals surface area contributed by atoms with Crippen molar-refractivity contribution in [2.24, 2.45) is 0 Å². The topological polar surface area (TPSA) is 117 Å². The number of ether oxygens (including phenoxy) is 1. The van der Waals surface area contributed by atoms with E-state index in [4.69, 9.17) is 4.74 Å². The lowest BCUT2D eigenvalue weighted by Gasteiger charge is -2.39. The maximum atomic E-state index is 15.0. The van der Waals surface area contributed by atoms with Gasteiger partial charge in [0.1, 0.15) is 26.3 Å². The third-order valence-corrected chi connectivity index (χ3v) is 15.4. The third-order valence-electron chi connectivity index (χ3n) is 11.4. The van der Waals surface area contributed by atoms with Gasteiger partial charge < -0.3 is 25.6 Å². The van der Waals surface area contributed by atoms with Crippen LogP contribution in [0, 0.1) is 11.6 Å². The van der Waals surface area contributed by atoms with Crippen LogP contribution in [-0.4, -0.2) is 61.7 Å². The van der Waals surface area contributed by atoms with E-state index in [-0.39, 0.29) is 29.7 Å². The molecule has 4 atom stereocenters. The number of anilines is 4. The van der Waals surface area contributed by atoms with Gasteiger partial charge in [-0.05, 0) is 115 Å². The van der Waals surface area contributed by atoms with Gasteiger partial charge in [0.25, 0.3) is 0 Å². The first-order valence-corrected chi connectivity index (χ1v) is 23.9. The highest BCUT2D eigenvalue weighted by Crippen LogP contribution is 2.42. The second kappa shape index (κ2) is 17.1. The molecule has 316 valence electrons. The smallest absolute Gasteiger partial charge is 0.410 e. The van der Waals surface area contributed by atoms with Gasteiger partial charge in [0.05, 0.1) is 43.2 Å². The van der Waals surface area contributed by atoms with Gasteiger partial charge in [0.15, 0.2) is 11.6 Å². The van der Waals surface area contributed by atoms with Crippen molar-refractivity contribution in [1.29, 1.82) is 0 Å². The van der Waals surface area contributed by atoms with E-state index >= 15 is 0 Å². The summed E-state index contributed by atoms with van der Waals surface area (Å²) in [4.78, 5) is 36.4. The maximum Gasteiger partial charge on any atom is 0.410 e. The Labute approximate surface area is 368 Å². The highest BCUT2D eigenvalue weighted by molar-refractivity contribution is 7.19. The summed E-state index contributed by atoms with van der Waals surface area (Å²) in [6.07, 6.45) is 7.55. The Morgan fingerprint density at radius 2 is 1.30 bits per heavy atom. The van der Waals surface area contributed by atoms with Gasteiger partial charge in [0, 0.05) is 63.4 Å². The predicted molar refractivity (Wildman–Crippen MR) is 249 cm³/mol. The van der Waals surface area contributed by atoms with E-state index in [0.717, 1.165) is 60.6 Å². The standard InChI is InChI=1S/C25H27FN4O2S2.C20H19FN4S2/c1-14-15(6-5-11-30(14)24(31)32-25(2,3)4)20-12-16-17(9-10-27-23(16)34-20)29-18-7-8-19-22(21(18)26)28-13-33-19;1-11-12(3-2-7-22-11)17-9-13-14(6-8-23-20(13)27-17)25-15-4-5-16-19(18(15)21)24-10-26-16/h7-10,12-15H,5-6,11H2,1-4H3,(H,27,29);4-6,8-12,22H,2-3,7H2,1H3,(H,23,25)/t14-,15?;11-,12?/m11/s1. The Hall–Kier alpha value is -4.87. The zero-order valence-electron chi connectivity index (χ0n) is 34.4. The molecule has 2 saturated heterocycles. The summed E-state index contributed by atoms with van der Waals surface area (Å²) in [6.45, 7) is 11.8. The molecule has 0 bridgehead atoms. The quantitative estimate of drug-likeness (QED) is 0.150. The van der Waals surface area contributed by atoms with Gasteiger partial charge in [-0.25, -0.2) is 33.5 Å². The average molecular weight is 897 g/mol. The van der Waals surface area contributed by atoms with Gasteiger partial charge in [0.2, 0.25) is 0 Å². The highest BCUT2D eigenvalue weighted by Gasteiger charge is 2.35. The molecule has 1 amide bonds. The molecule has 8 heterocycles. The summed E-state index contributed by atoms with van der Waals surface area (Å²) in [5.74, 6) is 0.0395. The average Bonchev–Trinajstić information content (AvgIpc) is 4.07. The van der Waals surface area contributed by atoms with Crippen LogP contribution < -0.4 is 16.0 Å². The lowest BCUT2D eigenvalue weighted by Crippen LogP contribution is -2.47. The zero-order chi connectivity index (χ0) is 42.4. The summed E-state index contributed by atoms with van der Waals surface area (Å²) < 4.78 is 37.1. The lowest BCUT2D eigenvalue weighted by molar-refractivity contribution is 0.00910. The zero-order valence-corrected chi connectivity index (χ0v) is 37.7. The van der Waals surface area contributed by atoms with Crippen molar-refractivity contribution in [2.75, 3.05) is 23.7 Å². The second-order valence-corrected chi connectivity index (χ2v) is 20.5. The molecule has 3 N–H and O–H groups in total. The molecule has 16 heteroatoms. The fourth-order valence-corrected chi connectivity index (χ4v) is 12.2. The number of hydrogen-bond acceptors (Lipinski definition) is 13. The summed E-state index contributed by atoms with van der Waals surface area (Å²) in [7, 11) is 0. The number of halogens is 2. The van der Waals surface area contributed by atoms with Crippen LogP contribution in [0.1, 0.15) is 81.9 Å². The summed E-state index contributed by atoms with van der Waals surface area (Å²) in [6, 6.07) is 15.9. The summed E-state index contributed by atoms with van der Waals surface area (Å²) in [5, 5.41) is 12.1. The van der Waals surface area contributed by atoms with E-state index < -0.39 is 5.60 Å². The fraction of sp³-hybridized carbons (Fsp3) is 0.356. The number of benzene rings is 2. The van der Waals surface area contributed by atoms with Gasteiger partial charge in [-0.2, -0.15) is 0 Å². The van der Waals surface area contributed by atoms with Crippen molar-refractivity contribution in [3.8, 4) is 0 Å². The number of thiazole rings is 2. The second-order valence-electron chi connectivity index (χ2n) is 16.6. The van der Waals surface area contributed by atoms with E-state index in [1.165, 1.54) is 45.3 Å². The van der Waals surface area contributed by atoms with Crippen LogP contribution in [-0.2, 0) is 4.74 Å². The minimum Gasteiger partial charge on any atom is -0.444 e. The number of hydrogen-bond donors (Lipinski definition) is 3. The van der Waals surface area contributed by atoms with Crippen molar-refractivity contribution in [2.45, 2.75) is 89.8 Å². The largest absolute Gasteiger partial charge is 0.444 e. The first-order valence-electron chi connectivity index (χ1n) is 20.5. The molecule has 61 heavy (non-hydrogen) atoms. The number of pyridine rings is 2. The molecule has 8 aromatic rings. The first kappa shape index (κ1) is 41.5. The van der Waals surface area contributed by atoms with Gasteiger partial charge in [-0.3, -0.25) is 0 Å². The molecule has 2 unspecified atom stereocenters. The van der Waals surface area contributed by atoms with E-state index in [1.807, 2.05) is 49.9 Å². The third kappa shape index (κ3) is 8.52. The van der Waals surface area contributed by atoms with Gasteiger partial charge in [-0.15, -0.1) is 45.3 Å². The Kier molecular flexibility index (Phi) is 11.6. The number of likely N-dealkylation sites (tertiary alicyclic amines) is 1.